The Morgan fingerprint density at radius 3 is 2.67 bits per heavy atom. The molecule has 5 nitrogen and oxygen atoms in total. The van der Waals surface area contributed by atoms with Gasteiger partial charge in [0.15, 0.2) is 0 Å². The largest absolute Gasteiger partial charge is 0.322 e. The number of nitrogens with one attached hydrogen (secondary N) is 2. The first-order valence-electron chi connectivity index (χ1n) is 6.64. The van der Waals surface area contributed by atoms with E-state index in [-0.39, 0.29) is 5.91 Å². The quantitative estimate of drug-likeness (QED) is 0.876. The number of amides is 1. The Bertz CT molecular complexity index is 697. The third-order valence-electron chi connectivity index (χ3n) is 3.94. The zero-order valence-corrected chi connectivity index (χ0v) is 13.7. The number of anilines is 1. The third kappa shape index (κ3) is 2.73. The molecule has 0 radical (unpaired) electrons. The molecule has 0 atom stereocenters. The predicted molar refractivity (Wildman–Crippen MR) is 86.3 cm³/mol. The molecule has 2 N–H and O–H groups in total. The SMILES string of the molecule is CC1(C(=O)Nc2c(Cl)cc(Cl)c3nsnc23)CCNCC1. The van der Waals surface area contributed by atoms with Crippen LogP contribution in [0.3, 0.4) is 0 Å². The first-order valence-corrected chi connectivity index (χ1v) is 8.12. The van der Waals surface area contributed by atoms with Gasteiger partial charge in [-0.05, 0) is 32.0 Å². The van der Waals surface area contributed by atoms with Crippen molar-refractivity contribution in [1.29, 1.82) is 0 Å². The molecule has 1 aliphatic rings. The van der Waals surface area contributed by atoms with Gasteiger partial charge in [-0.15, -0.1) is 0 Å². The number of aromatic nitrogens is 2. The smallest absolute Gasteiger partial charge is 0.230 e. The van der Waals surface area contributed by atoms with E-state index >= 15 is 0 Å². The monoisotopic (exact) mass is 344 g/mol. The molecule has 0 bridgehead atoms. The normalized spacial score (nSPS) is 17.9. The van der Waals surface area contributed by atoms with E-state index in [1.165, 1.54) is 0 Å². The summed E-state index contributed by atoms with van der Waals surface area (Å²) in [6.07, 6.45) is 1.59. The molecule has 1 saturated heterocycles. The van der Waals surface area contributed by atoms with Crippen LogP contribution in [0, 0.1) is 5.41 Å². The van der Waals surface area contributed by atoms with Crippen molar-refractivity contribution in [3.63, 3.8) is 0 Å². The molecule has 2 heterocycles. The molecule has 0 saturated carbocycles. The van der Waals surface area contributed by atoms with Gasteiger partial charge in [0.25, 0.3) is 0 Å². The van der Waals surface area contributed by atoms with Gasteiger partial charge < -0.3 is 10.6 Å². The van der Waals surface area contributed by atoms with Gasteiger partial charge in [-0.3, -0.25) is 4.79 Å². The maximum atomic E-state index is 12.6. The summed E-state index contributed by atoms with van der Waals surface area (Å²) in [5, 5.41) is 7.00. The molecule has 1 aromatic carbocycles. The first-order chi connectivity index (χ1) is 10.0. The maximum absolute atomic E-state index is 12.6. The van der Waals surface area contributed by atoms with Gasteiger partial charge >= 0.3 is 0 Å². The van der Waals surface area contributed by atoms with Crippen molar-refractivity contribution in [2.45, 2.75) is 19.8 Å². The number of halogens is 2. The van der Waals surface area contributed by atoms with Gasteiger partial charge in [-0.1, -0.05) is 30.1 Å². The number of hydrogen-bond acceptors (Lipinski definition) is 5. The lowest BCUT2D eigenvalue weighted by atomic mass is 9.80. The molecule has 112 valence electrons. The van der Waals surface area contributed by atoms with Gasteiger partial charge in [0.05, 0.1) is 27.5 Å². The molecular weight excluding hydrogens is 331 g/mol. The molecular formula is C13H14Cl2N4OS. The molecule has 0 spiro atoms. The van der Waals surface area contributed by atoms with E-state index < -0.39 is 5.41 Å². The number of fused-ring (bicyclic) bond motifs is 1. The van der Waals surface area contributed by atoms with E-state index in [9.17, 15) is 4.79 Å². The first kappa shape index (κ1) is 15.0. The molecule has 0 aliphatic carbocycles. The van der Waals surface area contributed by atoms with E-state index in [1.54, 1.807) is 6.07 Å². The average Bonchev–Trinajstić information content (AvgIpc) is 2.93. The van der Waals surface area contributed by atoms with Crippen molar-refractivity contribution >= 4 is 57.6 Å². The summed E-state index contributed by atoms with van der Waals surface area (Å²) in [5.41, 5.74) is 1.21. The van der Waals surface area contributed by atoms with Gasteiger partial charge in [0.2, 0.25) is 5.91 Å². The van der Waals surface area contributed by atoms with Crippen molar-refractivity contribution in [1.82, 2.24) is 14.1 Å². The molecule has 8 heteroatoms. The number of carbonyl (C=O) groups is 1. The fourth-order valence-electron chi connectivity index (χ4n) is 2.46. The number of rotatable bonds is 2. The van der Waals surface area contributed by atoms with E-state index in [0.29, 0.717) is 26.8 Å². The van der Waals surface area contributed by atoms with Crippen molar-refractivity contribution < 1.29 is 4.79 Å². The number of carbonyl (C=O) groups excluding carboxylic acids is 1. The van der Waals surface area contributed by atoms with Crippen LogP contribution < -0.4 is 10.6 Å². The minimum atomic E-state index is -0.399. The van der Waals surface area contributed by atoms with E-state index in [2.05, 4.69) is 19.4 Å². The van der Waals surface area contributed by atoms with Crippen LogP contribution >= 0.6 is 34.9 Å². The molecule has 1 fully saturated rings. The highest BCUT2D eigenvalue weighted by Crippen LogP contribution is 2.37. The lowest BCUT2D eigenvalue weighted by Gasteiger charge is -2.32. The number of nitrogens with zero attached hydrogens (tertiary/aromatic N) is 2. The topological polar surface area (TPSA) is 66.9 Å². The fraction of sp³-hybridized carbons (Fsp3) is 0.462. The Hall–Kier alpha value is -0.950. The van der Waals surface area contributed by atoms with Crippen LogP contribution in [0.15, 0.2) is 6.07 Å². The Balaban J connectivity index is 1.94. The van der Waals surface area contributed by atoms with Crippen molar-refractivity contribution in [3.05, 3.63) is 16.1 Å². The summed E-state index contributed by atoms with van der Waals surface area (Å²) in [7, 11) is 0. The van der Waals surface area contributed by atoms with Gasteiger partial charge in [0.1, 0.15) is 11.0 Å². The zero-order chi connectivity index (χ0) is 15.0. The number of benzene rings is 1. The number of piperidine rings is 1. The van der Waals surface area contributed by atoms with Crippen LogP contribution in [0.1, 0.15) is 19.8 Å². The standard InChI is InChI=1S/C13H14Cl2N4OS/c1-13(2-4-16-5-3-13)12(20)17-9-7(14)6-8(15)10-11(9)19-21-18-10/h6,16H,2-5H2,1H3,(H,17,20). The van der Waals surface area contributed by atoms with Crippen LogP contribution in [-0.4, -0.2) is 27.7 Å². The maximum Gasteiger partial charge on any atom is 0.230 e. The van der Waals surface area contributed by atoms with E-state index in [0.717, 1.165) is 37.7 Å². The molecule has 1 amide bonds. The lowest BCUT2D eigenvalue weighted by Crippen LogP contribution is -2.42. The second-order valence-corrected chi connectivity index (χ2v) is 6.78. The lowest BCUT2D eigenvalue weighted by molar-refractivity contribution is -0.126. The Kier molecular flexibility index (Phi) is 4.05. The Morgan fingerprint density at radius 1 is 1.29 bits per heavy atom. The summed E-state index contributed by atoms with van der Waals surface area (Å²) < 4.78 is 8.33. The minimum absolute atomic E-state index is 0.0393. The Morgan fingerprint density at radius 2 is 1.95 bits per heavy atom. The highest BCUT2D eigenvalue weighted by molar-refractivity contribution is 7.00. The highest BCUT2D eigenvalue weighted by atomic mass is 35.5. The summed E-state index contributed by atoms with van der Waals surface area (Å²) in [6.45, 7) is 3.65. The second-order valence-electron chi connectivity index (χ2n) is 5.44. The fourth-order valence-corrected chi connectivity index (χ4v) is 3.62. The van der Waals surface area contributed by atoms with Crippen molar-refractivity contribution in [3.8, 4) is 0 Å². The second kappa shape index (κ2) is 5.68. The average molecular weight is 345 g/mol. The van der Waals surface area contributed by atoms with E-state index in [1.807, 2.05) is 6.92 Å². The van der Waals surface area contributed by atoms with Crippen LogP contribution in [-0.2, 0) is 4.79 Å². The number of hydrogen-bond donors (Lipinski definition) is 2. The summed E-state index contributed by atoms with van der Waals surface area (Å²) in [6, 6.07) is 1.59. The van der Waals surface area contributed by atoms with Crippen LogP contribution in [0.5, 0.6) is 0 Å². The molecule has 1 aliphatic heterocycles. The van der Waals surface area contributed by atoms with Crippen molar-refractivity contribution in [2.24, 2.45) is 5.41 Å². The third-order valence-corrected chi connectivity index (χ3v) is 5.05. The molecule has 0 unspecified atom stereocenters. The van der Waals surface area contributed by atoms with Crippen molar-refractivity contribution in [2.75, 3.05) is 18.4 Å². The highest BCUT2D eigenvalue weighted by Gasteiger charge is 2.35. The summed E-state index contributed by atoms with van der Waals surface area (Å²) >= 11 is 13.4. The zero-order valence-electron chi connectivity index (χ0n) is 11.4. The van der Waals surface area contributed by atoms with Gasteiger partial charge in [0, 0.05) is 5.41 Å². The predicted octanol–water partition coefficient (Wildman–Crippen LogP) is 3.33. The Labute approximate surface area is 136 Å². The summed E-state index contributed by atoms with van der Waals surface area (Å²) in [5.74, 6) is -0.0393. The van der Waals surface area contributed by atoms with E-state index in [4.69, 9.17) is 23.2 Å². The van der Waals surface area contributed by atoms with Gasteiger partial charge in [-0.2, -0.15) is 8.75 Å². The van der Waals surface area contributed by atoms with Gasteiger partial charge in [-0.25, -0.2) is 0 Å². The molecule has 1 aromatic heterocycles. The molecule has 21 heavy (non-hydrogen) atoms. The van der Waals surface area contributed by atoms with Crippen LogP contribution in [0.25, 0.3) is 11.0 Å². The van der Waals surface area contributed by atoms with Crippen LogP contribution in [0.2, 0.25) is 10.0 Å². The minimum Gasteiger partial charge on any atom is -0.322 e. The molecule has 3 rings (SSSR count). The summed E-state index contributed by atoms with van der Waals surface area (Å²) in [4.78, 5) is 12.6. The van der Waals surface area contributed by atoms with Crippen LogP contribution in [0.4, 0.5) is 5.69 Å². The molecule has 2 aromatic rings.